The zero-order valence-electron chi connectivity index (χ0n) is 12.8. The zero-order valence-corrected chi connectivity index (χ0v) is 12.8. The second kappa shape index (κ2) is 4.44. The fraction of sp³-hybridized carbons (Fsp3) is 0.562. The average molecular weight is 300 g/mol. The summed E-state index contributed by atoms with van der Waals surface area (Å²) in [6.07, 6.45) is 10.2. The van der Waals surface area contributed by atoms with E-state index in [2.05, 4.69) is 22.6 Å². The molecule has 116 valence electrons. The van der Waals surface area contributed by atoms with Crippen molar-refractivity contribution in [2.24, 2.45) is 24.8 Å². The molecule has 2 bridgehead atoms. The van der Waals surface area contributed by atoms with E-state index in [9.17, 15) is 9.59 Å². The minimum atomic E-state index is -1.00. The number of allylic oxidation sites excluding steroid dienone is 2. The molecule has 1 aliphatic heterocycles. The third-order valence-corrected chi connectivity index (χ3v) is 5.39. The van der Waals surface area contributed by atoms with Gasteiger partial charge in [0.15, 0.2) is 0 Å². The highest BCUT2D eigenvalue weighted by atomic mass is 16.2. The molecule has 1 aromatic heterocycles. The molecule has 2 unspecified atom stereocenters. The van der Waals surface area contributed by atoms with Gasteiger partial charge in [-0.25, -0.2) is 4.79 Å². The summed E-state index contributed by atoms with van der Waals surface area (Å²) in [6.45, 7) is 2.27. The van der Waals surface area contributed by atoms with Crippen LogP contribution in [-0.2, 0) is 17.4 Å². The van der Waals surface area contributed by atoms with Crippen molar-refractivity contribution in [3.05, 3.63) is 30.1 Å². The van der Waals surface area contributed by atoms with Gasteiger partial charge < -0.3 is 5.32 Å². The van der Waals surface area contributed by atoms with Crippen LogP contribution >= 0.6 is 0 Å². The smallest absolute Gasteiger partial charge is 0.319 e. The highest BCUT2D eigenvalue weighted by Gasteiger charge is 2.51. The van der Waals surface area contributed by atoms with Crippen molar-refractivity contribution in [2.75, 3.05) is 6.54 Å². The van der Waals surface area contributed by atoms with Gasteiger partial charge in [-0.3, -0.25) is 14.4 Å². The first-order valence-corrected chi connectivity index (χ1v) is 7.79. The Morgan fingerprint density at radius 3 is 2.77 bits per heavy atom. The van der Waals surface area contributed by atoms with Crippen LogP contribution in [-0.4, -0.2) is 33.2 Å². The molecule has 3 amide bonds. The molecule has 1 aromatic rings. The maximum absolute atomic E-state index is 12.8. The van der Waals surface area contributed by atoms with E-state index in [1.165, 1.54) is 11.3 Å². The number of carbonyl (C=O) groups excluding carboxylic acids is 2. The molecule has 4 atom stereocenters. The number of rotatable bonds is 3. The van der Waals surface area contributed by atoms with Crippen molar-refractivity contribution in [2.45, 2.75) is 25.3 Å². The van der Waals surface area contributed by atoms with E-state index in [0.717, 1.165) is 12.0 Å². The van der Waals surface area contributed by atoms with Gasteiger partial charge in [0.2, 0.25) is 0 Å². The van der Waals surface area contributed by atoms with Crippen LogP contribution in [0.15, 0.2) is 24.5 Å². The lowest BCUT2D eigenvalue weighted by Gasteiger charge is -2.24. The Morgan fingerprint density at radius 2 is 2.18 bits per heavy atom. The average Bonchev–Trinajstić information content (AvgIpc) is 3.22. The Kier molecular flexibility index (Phi) is 2.74. The Labute approximate surface area is 129 Å². The molecule has 6 nitrogen and oxygen atoms in total. The molecule has 4 rings (SSSR count). The predicted octanol–water partition coefficient (Wildman–Crippen LogP) is 1.40. The minimum absolute atomic E-state index is 0.169. The van der Waals surface area contributed by atoms with Crippen LogP contribution in [0.4, 0.5) is 4.79 Å². The van der Waals surface area contributed by atoms with Crippen molar-refractivity contribution < 1.29 is 9.59 Å². The third kappa shape index (κ3) is 1.82. The summed E-state index contributed by atoms with van der Waals surface area (Å²) in [5.74, 6) is 1.40. The number of amides is 3. The van der Waals surface area contributed by atoms with Crippen LogP contribution < -0.4 is 5.32 Å². The SMILES string of the molecule is Cn1cc(C2(C)NC(=O)N(CC3C[C@H]4C=C[C@@H]3C4)C2=O)cn1. The van der Waals surface area contributed by atoms with E-state index in [1.54, 1.807) is 31.0 Å². The predicted molar refractivity (Wildman–Crippen MR) is 79.6 cm³/mol. The minimum Gasteiger partial charge on any atom is -0.319 e. The van der Waals surface area contributed by atoms with E-state index in [-0.39, 0.29) is 11.9 Å². The maximum Gasteiger partial charge on any atom is 0.325 e. The number of hydrogen-bond acceptors (Lipinski definition) is 3. The summed E-state index contributed by atoms with van der Waals surface area (Å²) in [5.41, 5.74) is -0.276. The molecule has 0 aromatic carbocycles. The summed E-state index contributed by atoms with van der Waals surface area (Å²) in [5, 5.41) is 6.95. The first-order chi connectivity index (χ1) is 10.5. The highest BCUT2D eigenvalue weighted by Crippen LogP contribution is 2.44. The fourth-order valence-corrected chi connectivity index (χ4v) is 4.08. The first kappa shape index (κ1) is 13.5. The highest BCUT2D eigenvalue weighted by molar-refractivity contribution is 6.07. The molecule has 3 aliphatic rings. The molecule has 1 saturated heterocycles. The summed E-state index contributed by atoms with van der Waals surface area (Å²) in [7, 11) is 1.80. The molecule has 2 aliphatic carbocycles. The van der Waals surface area contributed by atoms with Crippen molar-refractivity contribution in [1.29, 1.82) is 0 Å². The number of fused-ring (bicyclic) bond motifs is 2. The molecule has 1 N–H and O–H groups in total. The van der Waals surface area contributed by atoms with Crippen LogP contribution in [0.5, 0.6) is 0 Å². The summed E-state index contributed by atoms with van der Waals surface area (Å²) in [4.78, 5) is 26.5. The molecule has 2 heterocycles. The molecule has 0 radical (unpaired) electrons. The molecule has 0 spiro atoms. The zero-order chi connectivity index (χ0) is 15.5. The van der Waals surface area contributed by atoms with Gasteiger partial charge in [-0.1, -0.05) is 12.2 Å². The quantitative estimate of drug-likeness (QED) is 0.678. The lowest BCUT2D eigenvalue weighted by atomic mass is 9.92. The molecular weight excluding hydrogens is 280 g/mol. The van der Waals surface area contributed by atoms with Crippen LogP contribution in [0.1, 0.15) is 25.3 Å². The Morgan fingerprint density at radius 1 is 1.36 bits per heavy atom. The van der Waals surface area contributed by atoms with E-state index in [0.29, 0.717) is 24.3 Å². The molecule has 1 saturated carbocycles. The summed E-state index contributed by atoms with van der Waals surface area (Å²) < 4.78 is 1.64. The van der Waals surface area contributed by atoms with Crippen molar-refractivity contribution in [3.63, 3.8) is 0 Å². The largest absolute Gasteiger partial charge is 0.325 e. The Balaban J connectivity index is 1.56. The fourth-order valence-electron chi connectivity index (χ4n) is 4.08. The summed E-state index contributed by atoms with van der Waals surface area (Å²) >= 11 is 0. The van der Waals surface area contributed by atoms with Crippen molar-refractivity contribution >= 4 is 11.9 Å². The maximum atomic E-state index is 12.8. The number of carbonyl (C=O) groups is 2. The molecular formula is C16H20N4O2. The number of urea groups is 1. The van der Waals surface area contributed by atoms with Crippen LogP contribution in [0.2, 0.25) is 0 Å². The van der Waals surface area contributed by atoms with Gasteiger partial charge in [0.25, 0.3) is 5.91 Å². The van der Waals surface area contributed by atoms with Gasteiger partial charge in [0.1, 0.15) is 5.54 Å². The van der Waals surface area contributed by atoms with Crippen LogP contribution in [0, 0.1) is 17.8 Å². The standard InChI is InChI=1S/C16H20N4O2/c1-16(13-7-17-19(2)9-13)14(21)20(15(22)18-16)8-12-6-10-3-4-11(12)5-10/h3-4,7,9-12H,5-6,8H2,1-2H3,(H,18,22)/t10-,11+,12?,16?/m0/s1. The van der Waals surface area contributed by atoms with E-state index < -0.39 is 5.54 Å². The Bertz CT molecular complexity index is 679. The lowest BCUT2D eigenvalue weighted by Crippen LogP contribution is -2.41. The number of hydrogen-bond donors (Lipinski definition) is 1. The molecule has 6 heteroatoms. The third-order valence-electron chi connectivity index (χ3n) is 5.39. The number of aryl methyl sites for hydroxylation is 1. The van der Waals surface area contributed by atoms with Gasteiger partial charge in [0, 0.05) is 25.4 Å². The van der Waals surface area contributed by atoms with Crippen LogP contribution in [0.25, 0.3) is 0 Å². The van der Waals surface area contributed by atoms with Gasteiger partial charge in [-0.15, -0.1) is 0 Å². The number of nitrogens with one attached hydrogen (secondary N) is 1. The second-order valence-electron chi connectivity index (χ2n) is 6.91. The van der Waals surface area contributed by atoms with Crippen LogP contribution in [0.3, 0.4) is 0 Å². The van der Waals surface area contributed by atoms with E-state index in [4.69, 9.17) is 0 Å². The van der Waals surface area contributed by atoms with Crippen molar-refractivity contribution in [1.82, 2.24) is 20.0 Å². The molecule has 2 fully saturated rings. The lowest BCUT2D eigenvalue weighted by molar-refractivity contribution is -0.131. The van der Waals surface area contributed by atoms with Crippen molar-refractivity contribution in [3.8, 4) is 0 Å². The van der Waals surface area contributed by atoms with Gasteiger partial charge in [0.05, 0.1) is 6.20 Å². The Hall–Kier alpha value is -2.11. The van der Waals surface area contributed by atoms with Gasteiger partial charge >= 0.3 is 6.03 Å². The number of imide groups is 1. The van der Waals surface area contributed by atoms with E-state index in [1.807, 2.05) is 0 Å². The topological polar surface area (TPSA) is 67.2 Å². The molecule has 22 heavy (non-hydrogen) atoms. The monoisotopic (exact) mass is 300 g/mol. The second-order valence-corrected chi connectivity index (χ2v) is 6.91. The number of nitrogens with zero attached hydrogens (tertiary/aromatic N) is 3. The van der Waals surface area contributed by atoms with Gasteiger partial charge in [-0.05, 0) is 37.5 Å². The van der Waals surface area contributed by atoms with E-state index >= 15 is 0 Å². The van der Waals surface area contributed by atoms with Gasteiger partial charge in [-0.2, -0.15) is 5.10 Å². The summed E-state index contributed by atoms with van der Waals surface area (Å²) in [6, 6.07) is -0.289. The normalized spacial score (nSPS) is 36.5. The first-order valence-electron chi connectivity index (χ1n) is 7.79. The number of aromatic nitrogens is 2.